The van der Waals surface area contributed by atoms with E-state index in [0.717, 1.165) is 0 Å². The van der Waals surface area contributed by atoms with Crippen LogP contribution in [0.5, 0.6) is 0 Å². The molecule has 0 amide bonds. The number of hydrogen-bond acceptors (Lipinski definition) is 8. The van der Waals surface area contributed by atoms with Gasteiger partial charge < -0.3 is 25.8 Å². The number of aliphatic hydroxyl groups excluding tert-OH is 2. The molecule has 5 N–H and O–H groups in total. The summed E-state index contributed by atoms with van der Waals surface area (Å²) in [6.45, 7) is -0.420. The summed E-state index contributed by atoms with van der Waals surface area (Å²) in [5.74, 6) is 0.208. The lowest BCUT2D eigenvalue weighted by Crippen LogP contribution is -2.60. The number of nitrogens with two attached hydrogens (primary N) is 1. The van der Waals surface area contributed by atoms with Crippen LogP contribution in [0.15, 0.2) is 24.8 Å². The Morgan fingerprint density at radius 1 is 1.33 bits per heavy atom. The van der Waals surface area contributed by atoms with E-state index >= 15 is 0 Å². The average Bonchev–Trinajstić information content (AvgIpc) is 2.96. The normalized spacial score (nSPS) is 37.7. The largest absolute Gasteiger partial charge is 0.394 e. The van der Waals surface area contributed by atoms with E-state index in [1.807, 2.05) is 0 Å². The molecule has 0 aromatic carbocycles. The van der Waals surface area contributed by atoms with Crippen molar-refractivity contribution in [1.82, 2.24) is 19.5 Å². The number of nitrogens with zero attached hydrogens (tertiary/aromatic N) is 4. The Bertz CT molecular complexity index is 761. The Morgan fingerprint density at radius 2 is 2.14 bits per heavy atom. The molecule has 2 aliphatic rings. The molecule has 0 bridgehead atoms. The summed E-state index contributed by atoms with van der Waals surface area (Å²) in [4.78, 5) is 12.1. The molecule has 4 unspecified atom stereocenters. The van der Waals surface area contributed by atoms with Crippen molar-refractivity contribution >= 4 is 17.0 Å². The van der Waals surface area contributed by atoms with E-state index in [4.69, 9.17) is 10.5 Å². The highest BCUT2D eigenvalue weighted by Gasteiger charge is 2.69. The van der Waals surface area contributed by atoms with E-state index in [2.05, 4.69) is 15.0 Å². The molecule has 1 fully saturated rings. The topological polar surface area (TPSA) is 140 Å². The van der Waals surface area contributed by atoms with Gasteiger partial charge in [-0.05, 0) is 12.2 Å². The molecule has 9 heteroatoms. The van der Waals surface area contributed by atoms with Gasteiger partial charge in [-0.25, -0.2) is 15.0 Å². The van der Waals surface area contributed by atoms with Gasteiger partial charge in [0.05, 0.1) is 12.9 Å². The number of ether oxygens (including phenoxy) is 1. The Balaban J connectivity index is 1.93. The van der Waals surface area contributed by atoms with E-state index in [1.54, 1.807) is 6.08 Å². The van der Waals surface area contributed by atoms with E-state index in [0.29, 0.717) is 11.2 Å². The predicted octanol–water partition coefficient (Wildman–Crippen LogP) is -1.89. The molecule has 3 heterocycles. The summed E-state index contributed by atoms with van der Waals surface area (Å²) in [6.07, 6.45) is 3.54. The highest BCUT2D eigenvalue weighted by Crippen LogP contribution is 2.52. The monoisotopic (exact) mass is 291 g/mol. The molecular formula is C12H13N5O4. The summed E-state index contributed by atoms with van der Waals surface area (Å²) >= 11 is 0. The molecule has 4 rings (SSSR count). The van der Waals surface area contributed by atoms with Gasteiger partial charge in [0.2, 0.25) is 5.72 Å². The van der Waals surface area contributed by atoms with Crippen LogP contribution >= 0.6 is 0 Å². The number of rotatable bonds is 2. The van der Waals surface area contributed by atoms with Gasteiger partial charge in [0.1, 0.15) is 24.1 Å². The molecule has 2 aromatic heterocycles. The lowest BCUT2D eigenvalue weighted by atomic mass is 9.76. The molecule has 4 atom stereocenters. The molecule has 1 aliphatic carbocycles. The van der Waals surface area contributed by atoms with Crippen molar-refractivity contribution < 1.29 is 20.1 Å². The van der Waals surface area contributed by atoms with Crippen LogP contribution in [0, 0.1) is 0 Å². The first-order chi connectivity index (χ1) is 10.0. The zero-order chi connectivity index (χ0) is 14.8. The van der Waals surface area contributed by atoms with Crippen molar-refractivity contribution in [2.45, 2.75) is 23.5 Å². The second kappa shape index (κ2) is 3.77. The quantitative estimate of drug-likeness (QED) is 0.471. The maximum Gasteiger partial charge on any atom is 0.202 e. The minimum atomic E-state index is -1.66. The number of hydrogen-bond donors (Lipinski definition) is 4. The van der Waals surface area contributed by atoms with Crippen LogP contribution in [-0.2, 0) is 10.5 Å². The first kappa shape index (κ1) is 12.7. The van der Waals surface area contributed by atoms with Gasteiger partial charge in [0, 0.05) is 0 Å². The van der Waals surface area contributed by atoms with Gasteiger partial charge in [-0.2, -0.15) is 0 Å². The summed E-state index contributed by atoms with van der Waals surface area (Å²) in [5, 5.41) is 30.1. The van der Waals surface area contributed by atoms with Gasteiger partial charge in [-0.3, -0.25) is 4.57 Å². The van der Waals surface area contributed by atoms with E-state index in [-0.39, 0.29) is 5.82 Å². The Labute approximate surface area is 118 Å². The Hall–Kier alpha value is -2.07. The lowest BCUT2D eigenvalue weighted by Gasteiger charge is -2.45. The zero-order valence-corrected chi connectivity index (χ0v) is 10.8. The molecule has 0 spiro atoms. The van der Waals surface area contributed by atoms with Gasteiger partial charge in [-0.1, -0.05) is 0 Å². The second-order valence-corrected chi connectivity index (χ2v) is 5.18. The van der Waals surface area contributed by atoms with Crippen molar-refractivity contribution in [1.29, 1.82) is 0 Å². The number of anilines is 1. The smallest absolute Gasteiger partial charge is 0.202 e. The van der Waals surface area contributed by atoms with Crippen molar-refractivity contribution in [3.63, 3.8) is 0 Å². The van der Waals surface area contributed by atoms with Crippen LogP contribution in [0.2, 0.25) is 0 Å². The maximum atomic E-state index is 10.7. The van der Waals surface area contributed by atoms with E-state index in [1.165, 1.54) is 23.3 Å². The van der Waals surface area contributed by atoms with Gasteiger partial charge >= 0.3 is 0 Å². The van der Waals surface area contributed by atoms with Crippen LogP contribution in [0.1, 0.15) is 0 Å². The minimum Gasteiger partial charge on any atom is -0.394 e. The fourth-order valence-corrected chi connectivity index (χ4v) is 2.98. The summed E-state index contributed by atoms with van der Waals surface area (Å²) in [6, 6.07) is 0. The predicted molar refractivity (Wildman–Crippen MR) is 69.8 cm³/mol. The van der Waals surface area contributed by atoms with Gasteiger partial charge in [0.25, 0.3) is 0 Å². The standard InChI is InChI=1S/C12H13N5O4/c13-9-7-10(15-4-14-9)17(5-16-7)12-2-1-11(12,20)8(19)6(3-18)21-12/h1-2,4-6,8,18-20H,3H2,(H2,13,14,15). The van der Waals surface area contributed by atoms with Crippen LogP contribution in [0.25, 0.3) is 11.2 Å². The number of fused-ring (bicyclic) bond motifs is 2. The summed E-state index contributed by atoms with van der Waals surface area (Å²) in [7, 11) is 0. The van der Waals surface area contributed by atoms with Crippen LogP contribution < -0.4 is 5.73 Å². The molecule has 1 aliphatic heterocycles. The van der Waals surface area contributed by atoms with E-state index in [9.17, 15) is 15.3 Å². The van der Waals surface area contributed by atoms with Crippen molar-refractivity contribution in [3.8, 4) is 0 Å². The maximum absolute atomic E-state index is 10.7. The van der Waals surface area contributed by atoms with Crippen molar-refractivity contribution in [3.05, 3.63) is 24.8 Å². The third-order valence-electron chi connectivity index (χ3n) is 4.17. The molecule has 0 saturated carbocycles. The molecule has 1 saturated heterocycles. The van der Waals surface area contributed by atoms with Crippen molar-refractivity contribution in [2.24, 2.45) is 0 Å². The highest BCUT2D eigenvalue weighted by molar-refractivity contribution is 5.81. The second-order valence-electron chi connectivity index (χ2n) is 5.18. The summed E-state index contributed by atoms with van der Waals surface area (Å²) in [5.41, 5.74) is 3.46. The fourth-order valence-electron chi connectivity index (χ4n) is 2.98. The van der Waals surface area contributed by atoms with Gasteiger partial charge in [-0.15, -0.1) is 0 Å². The number of imidazole rings is 1. The third-order valence-corrected chi connectivity index (χ3v) is 4.17. The Morgan fingerprint density at radius 3 is 2.81 bits per heavy atom. The molecule has 2 aromatic rings. The first-order valence-electron chi connectivity index (χ1n) is 6.37. The number of nitrogen functional groups attached to an aromatic ring is 1. The van der Waals surface area contributed by atoms with Gasteiger partial charge in [0.15, 0.2) is 17.1 Å². The van der Waals surface area contributed by atoms with E-state index < -0.39 is 30.1 Å². The number of aliphatic hydroxyl groups is 3. The minimum absolute atomic E-state index is 0.208. The van der Waals surface area contributed by atoms with Crippen LogP contribution in [0.3, 0.4) is 0 Å². The number of aromatic nitrogens is 4. The zero-order valence-electron chi connectivity index (χ0n) is 10.8. The molecule has 0 radical (unpaired) electrons. The third kappa shape index (κ3) is 1.27. The SMILES string of the molecule is Nc1ncnc2c1ncn2C12C=CC1(O)C(O)C(CO)O2. The fraction of sp³-hybridized carbons (Fsp3) is 0.417. The lowest BCUT2D eigenvalue weighted by molar-refractivity contribution is -0.159. The Kier molecular flexibility index (Phi) is 2.27. The van der Waals surface area contributed by atoms with Crippen LogP contribution in [-0.4, -0.2) is 59.3 Å². The first-order valence-corrected chi connectivity index (χ1v) is 6.37. The highest BCUT2D eigenvalue weighted by atomic mass is 16.6. The summed E-state index contributed by atoms with van der Waals surface area (Å²) < 4.78 is 7.18. The molecule has 110 valence electrons. The molecule has 21 heavy (non-hydrogen) atoms. The molecular weight excluding hydrogens is 278 g/mol. The molecule has 9 nitrogen and oxygen atoms in total. The average molecular weight is 291 g/mol. The van der Waals surface area contributed by atoms with Crippen molar-refractivity contribution in [2.75, 3.05) is 12.3 Å². The van der Waals surface area contributed by atoms with Crippen LogP contribution in [0.4, 0.5) is 5.82 Å².